The molecule has 1 aromatic rings. The molecule has 0 spiro atoms. The maximum atomic E-state index is 13.8. The molecule has 1 heterocycles. The summed E-state index contributed by atoms with van der Waals surface area (Å²) in [5, 5.41) is 3.26. The molecule has 100 valence electrons. The number of rotatable bonds is 3. The van der Waals surface area contributed by atoms with E-state index >= 15 is 0 Å². The molecule has 1 N–H and O–H groups in total. The highest BCUT2D eigenvalue weighted by Gasteiger charge is 2.35. The predicted octanol–water partition coefficient (Wildman–Crippen LogP) is 3.18. The van der Waals surface area contributed by atoms with Crippen LogP contribution in [0.4, 0.5) is 8.78 Å². The topological polar surface area (TPSA) is 21.3 Å². The molecule has 0 radical (unpaired) electrons. The Hall–Kier alpha value is -1.00. The van der Waals surface area contributed by atoms with Gasteiger partial charge in [-0.3, -0.25) is 0 Å². The average molecular weight is 255 g/mol. The molecule has 2 rings (SSSR count). The van der Waals surface area contributed by atoms with E-state index in [1.54, 1.807) is 6.07 Å². The Morgan fingerprint density at radius 2 is 2.06 bits per heavy atom. The number of hydrogen-bond acceptors (Lipinski definition) is 2. The summed E-state index contributed by atoms with van der Waals surface area (Å²) in [5.41, 5.74) is 0.0234. The third-order valence-electron chi connectivity index (χ3n) is 3.79. The van der Waals surface area contributed by atoms with E-state index in [1.807, 2.05) is 0 Å². The van der Waals surface area contributed by atoms with Crippen LogP contribution in [0.25, 0.3) is 0 Å². The maximum absolute atomic E-state index is 13.8. The standard InChI is InChI=1S/C14H19F2NO/c1-3-14(4-2)9-17-8-12(18-14)10-6-5-7-11(15)13(10)16/h5-7,12,17H,3-4,8-9H2,1-2H3. The van der Waals surface area contributed by atoms with Crippen LogP contribution in [0.3, 0.4) is 0 Å². The zero-order valence-electron chi connectivity index (χ0n) is 10.8. The second kappa shape index (κ2) is 5.33. The Labute approximate surface area is 106 Å². The van der Waals surface area contributed by atoms with Crippen LogP contribution in [0.5, 0.6) is 0 Å². The van der Waals surface area contributed by atoms with Gasteiger partial charge in [-0.15, -0.1) is 0 Å². The first-order valence-electron chi connectivity index (χ1n) is 6.44. The van der Waals surface area contributed by atoms with E-state index in [2.05, 4.69) is 19.2 Å². The van der Waals surface area contributed by atoms with Crippen molar-refractivity contribution in [3.63, 3.8) is 0 Å². The van der Waals surface area contributed by atoms with Gasteiger partial charge in [-0.05, 0) is 18.9 Å². The van der Waals surface area contributed by atoms with Gasteiger partial charge in [-0.1, -0.05) is 26.0 Å². The first-order chi connectivity index (χ1) is 8.62. The number of benzene rings is 1. The molecule has 1 aromatic carbocycles. The van der Waals surface area contributed by atoms with Crippen molar-refractivity contribution in [2.75, 3.05) is 13.1 Å². The highest BCUT2D eigenvalue weighted by Crippen LogP contribution is 2.33. The zero-order valence-corrected chi connectivity index (χ0v) is 10.8. The fourth-order valence-electron chi connectivity index (χ4n) is 2.43. The van der Waals surface area contributed by atoms with Crippen molar-refractivity contribution in [2.45, 2.75) is 38.4 Å². The number of nitrogens with one attached hydrogen (secondary N) is 1. The third-order valence-corrected chi connectivity index (χ3v) is 3.79. The summed E-state index contributed by atoms with van der Waals surface area (Å²) < 4.78 is 33.0. The first-order valence-corrected chi connectivity index (χ1v) is 6.44. The van der Waals surface area contributed by atoms with Gasteiger partial charge < -0.3 is 10.1 Å². The van der Waals surface area contributed by atoms with E-state index in [0.717, 1.165) is 25.5 Å². The van der Waals surface area contributed by atoms with Crippen LogP contribution in [0, 0.1) is 11.6 Å². The summed E-state index contributed by atoms with van der Waals surface area (Å²) in [6.45, 7) is 5.38. The van der Waals surface area contributed by atoms with Crippen molar-refractivity contribution in [1.29, 1.82) is 0 Å². The van der Waals surface area contributed by atoms with Crippen molar-refractivity contribution < 1.29 is 13.5 Å². The van der Waals surface area contributed by atoms with E-state index in [9.17, 15) is 8.78 Å². The summed E-state index contributed by atoms with van der Waals surface area (Å²) in [6, 6.07) is 4.24. The largest absolute Gasteiger partial charge is 0.364 e. The van der Waals surface area contributed by atoms with Gasteiger partial charge in [0.25, 0.3) is 0 Å². The molecule has 1 saturated heterocycles. The Morgan fingerprint density at radius 3 is 2.72 bits per heavy atom. The van der Waals surface area contributed by atoms with E-state index in [-0.39, 0.29) is 5.60 Å². The summed E-state index contributed by atoms with van der Waals surface area (Å²) >= 11 is 0. The molecule has 2 nitrogen and oxygen atoms in total. The summed E-state index contributed by atoms with van der Waals surface area (Å²) in [5.74, 6) is -1.62. The average Bonchev–Trinajstić information content (AvgIpc) is 2.42. The van der Waals surface area contributed by atoms with Gasteiger partial charge in [-0.25, -0.2) is 8.78 Å². The SMILES string of the molecule is CCC1(CC)CNCC(c2cccc(F)c2F)O1. The first kappa shape index (κ1) is 13.4. The third kappa shape index (κ3) is 2.40. The molecule has 0 bridgehead atoms. The lowest BCUT2D eigenvalue weighted by atomic mass is 9.93. The van der Waals surface area contributed by atoms with Gasteiger partial charge in [0.15, 0.2) is 11.6 Å². The molecule has 1 aliphatic heterocycles. The van der Waals surface area contributed by atoms with Gasteiger partial charge in [0.1, 0.15) is 0 Å². The minimum atomic E-state index is -0.819. The number of hydrogen-bond donors (Lipinski definition) is 1. The second-order valence-electron chi connectivity index (χ2n) is 4.77. The quantitative estimate of drug-likeness (QED) is 0.895. The van der Waals surface area contributed by atoms with E-state index in [4.69, 9.17) is 4.74 Å². The second-order valence-corrected chi connectivity index (χ2v) is 4.77. The van der Waals surface area contributed by atoms with Gasteiger partial charge in [0.2, 0.25) is 0 Å². The molecule has 0 saturated carbocycles. The Bertz CT molecular complexity index is 418. The molecule has 1 unspecified atom stereocenters. The van der Waals surface area contributed by atoms with Crippen LogP contribution < -0.4 is 5.32 Å². The highest BCUT2D eigenvalue weighted by molar-refractivity contribution is 5.22. The van der Waals surface area contributed by atoms with Crippen LogP contribution in [0.2, 0.25) is 0 Å². The smallest absolute Gasteiger partial charge is 0.164 e. The van der Waals surface area contributed by atoms with Crippen molar-refractivity contribution in [2.24, 2.45) is 0 Å². The molecular formula is C14H19F2NO. The van der Waals surface area contributed by atoms with Crippen molar-refractivity contribution in [3.05, 3.63) is 35.4 Å². The van der Waals surface area contributed by atoms with Gasteiger partial charge >= 0.3 is 0 Å². The number of halogens is 2. The molecule has 1 aliphatic rings. The van der Waals surface area contributed by atoms with Gasteiger partial charge in [0, 0.05) is 18.7 Å². The molecular weight excluding hydrogens is 236 g/mol. The Balaban J connectivity index is 2.26. The zero-order chi connectivity index (χ0) is 13.2. The van der Waals surface area contributed by atoms with Gasteiger partial charge in [-0.2, -0.15) is 0 Å². The highest BCUT2D eigenvalue weighted by atomic mass is 19.2. The minimum Gasteiger partial charge on any atom is -0.364 e. The Kier molecular flexibility index (Phi) is 3.97. The molecule has 0 aromatic heterocycles. The van der Waals surface area contributed by atoms with Gasteiger partial charge in [0.05, 0.1) is 11.7 Å². The molecule has 0 aliphatic carbocycles. The van der Waals surface area contributed by atoms with Crippen LogP contribution in [-0.2, 0) is 4.74 Å². The van der Waals surface area contributed by atoms with Crippen molar-refractivity contribution >= 4 is 0 Å². The summed E-state index contributed by atoms with van der Waals surface area (Å²) in [4.78, 5) is 0. The van der Waals surface area contributed by atoms with Crippen LogP contribution in [0.15, 0.2) is 18.2 Å². The fraction of sp³-hybridized carbons (Fsp3) is 0.571. The summed E-state index contributed by atoms with van der Waals surface area (Å²) in [6.07, 6.45) is 1.28. The monoisotopic (exact) mass is 255 g/mol. The van der Waals surface area contributed by atoms with Crippen LogP contribution in [0.1, 0.15) is 38.4 Å². The number of ether oxygens (including phenoxy) is 1. The lowest BCUT2D eigenvalue weighted by Gasteiger charge is -2.41. The van der Waals surface area contributed by atoms with Crippen molar-refractivity contribution in [3.8, 4) is 0 Å². The number of morpholine rings is 1. The van der Waals surface area contributed by atoms with Crippen LogP contribution in [-0.4, -0.2) is 18.7 Å². The molecule has 0 amide bonds. The molecule has 1 fully saturated rings. The molecule has 4 heteroatoms. The lowest BCUT2D eigenvalue weighted by Crippen LogP contribution is -2.50. The summed E-state index contributed by atoms with van der Waals surface area (Å²) in [7, 11) is 0. The van der Waals surface area contributed by atoms with Crippen LogP contribution >= 0.6 is 0 Å². The minimum absolute atomic E-state index is 0.276. The molecule has 18 heavy (non-hydrogen) atoms. The predicted molar refractivity (Wildman–Crippen MR) is 66.4 cm³/mol. The Morgan fingerprint density at radius 1 is 1.33 bits per heavy atom. The normalized spacial score (nSPS) is 23.0. The fourth-order valence-corrected chi connectivity index (χ4v) is 2.43. The molecule has 1 atom stereocenters. The van der Waals surface area contributed by atoms with Crippen molar-refractivity contribution in [1.82, 2.24) is 5.32 Å². The van der Waals surface area contributed by atoms with E-state index in [1.165, 1.54) is 6.07 Å². The lowest BCUT2D eigenvalue weighted by molar-refractivity contribution is -0.123. The van der Waals surface area contributed by atoms with E-state index in [0.29, 0.717) is 12.1 Å². The maximum Gasteiger partial charge on any atom is 0.164 e. The van der Waals surface area contributed by atoms with E-state index < -0.39 is 17.7 Å².